The van der Waals surface area contributed by atoms with E-state index in [0.29, 0.717) is 11.8 Å². The predicted octanol–water partition coefficient (Wildman–Crippen LogP) is 6.62. The predicted molar refractivity (Wildman–Crippen MR) is 135 cm³/mol. The molecule has 0 aliphatic carbocycles. The van der Waals surface area contributed by atoms with Gasteiger partial charge in [-0.2, -0.15) is 27.1 Å². The average Bonchev–Trinajstić information content (AvgIpc) is 3.31. The third kappa shape index (κ3) is 6.59. The Bertz CT molecular complexity index is 1530. The zero-order valence-electron chi connectivity index (χ0n) is 20.3. The van der Waals surface area contributed by atoms with Crippen molar-refractivity contribution in [2.45, 2.75) is 25.0 Å². The molecular formula is C25H19F6N5O3S. The Morgan fingerprint density at radius 1 is 1.07 bits per heavy atom. The maximum absolute atomic E-state index is 13.3. The first kappa shape index (κ1) is 28.6. The molecule has 0 fully saturated rings. The zero-order valence-corrected chi connectivity index (χ0v) is 21.1. The summed E-state index contributed by atoms with van der Waals surface area (Å²) >= 11 is 0. The van der Waals surface area contributed by atoms with E-state index >= 15 is 0 Å². The number of rotatable bonds is 10. The normalized spacial score (nSPS) is 13.1. The van der Waals surface area contributed by atoms with Crippen LogP contribution < -0.4 is 14.8 Å². The number of carbonyl (C=O) groups excluding carboxylic acids is 1. The lowest BCUT2D eigenvalue weighted by Gasteiger charge is -2.19. The highest BCUT2D eigenvalue weighted by Gasteiger charge is 2.32. The number of carbonyl (C=O) groups is 1. The van der Waals surface area contributed by atoms with Crippen LogP contribution in [-0.2, 0) is 17.2 Å². The average molecular weight is 584 g/mol. The Kier molecular flexibility index (Phi) is 8.42. The van der Waals surface area contributed by atoms with Crippen molar-refractivity contribution in [2.24, 2.45) is 0 Å². The number of hydrogen-bond donors (Lipinski definition) is 3. The molecule has 0 aliphatic rings. The SMILES string of the molecule is CC(Oc1cc(-c2[nH]nc(Nc3cccc(C(F)(F)F)n3)c2C=O)ccc1NS(=O)C(F)F)c1ccc(F)cc1. The van der Waals surface area contributed by atoms with Gasteiger partial charge in [0.25, 0.3) is 0 Å². The van der Waals surface area contributed by atoms with Crippen LogP contribution in [-0.4, -0.2) is 31.4 Å². The van der Waals surface area contributed by atoms with Gasteiger partial charge in [-0.3, -0.25) is 14.6 Å². The van der Waals surface area contributed by atoms with Gasteiger partial charge in [-0.15, -0.1) is 0 Å². The van der Waals surface area contributed by atoms with Gasteiger partial charge in [-0.25, -0.2) is 13.6 Å². The number of hydrogen-bond acceptors (Lipinski definition) is 6. The number of halogens is 6. The van der Waals surface area contributed by atoms with Crippen LogP contribution >= 0.6 is 0 Å². The van der Waals surface area contributed by atoms with E-state index in [0.717, 1.165) is 12.1 Å². The van der Waals surface area contributed by atoms with Gasteiger partial charge >= 0.3 is 11.9 Å². The largest absolute Gasteiger partial charge is 0.484 e. The topological polar surface area (TPSA) is 109 Å². The molecule has 210 valence electrons. The van der Waals surface area contributed by atoms with Crippen LogP contribution in [0.25, 0.3) is 11.3 Å². The Labute approximate surface area is 225 Å². The van der Waals surface area contributed by atoms with Gasteiger partial charge in [-0.1, -0.05) is 24.3 Å². The van der Waals surface area contributed by atoms with E-state index < -0.39 is 40.5 Å². The second-order valence-corrected chi connectivity index (χ2v) is 9.35. The standard InChI is InChI=1S/C25H19F6N5O3S/c1-13(14-5-8-16(26)9-6-14)39-19-11-15(7-10-18(19)36-40(38)24(27)28)22-17(12-37)23(35-34-22)33-21-4-2-3-20(32-21)25(29,30)31/h2-13,24,36H,1H3,(H2,32,33,34,35). The number of nitrogens with zero attached hydrogens (tertiary/aromatic N) is 2. The first-order valence-corrected chi connectivity index (χ1v) is 12.5. The molecule has 0 spiro atoms. The van der Waals surface area contributed by atoms with Gasteiger partial charge in [0.05, 0.1) is 16.9 Å². The summed E-state index contributed by atoms with van der Waals surface area (Å²) in [6, 6.07) is 12.6. The fraction of sp³-hybridized carbons (Fsp3) is 0.160. The molecule has 0 saturated heterocycles. The van der Waals surface area contributed by atoms with Gasteiger partial charge in [0.2, 0.25) is 0 Å². The van der Waals surface area contributed by atoms with E-state index in [9.17, 15) is 35.3 Å². The number of benzene rings is 2. The van der Waals surface area contributed by atoms with Gasteiger partial charge < -0.3 is 10.1 Å². The summed E-state index contributed by atoms with van der Waals surface area (Å²) in [5, 5.41) is 9.14. The van der Waals surface area contributed by atoms with Crippen molar-refractivity contribution < 1.29 is 40.1 Å². The van der Waals surface area contributed by atoms with Gasteiger partial charge in [0.15, 0.2) is 23.1 Å². The number of aromatic amines is 1. The lowest BCUT2D eigenvalue weighted by Crippen LogP contribution is -2.14. The summed E-state index contributed by atoms with van der Waals surface area (Å²) in [5.41, 5.74) is -0.353. The van der Waals surface area contributed by atoms with Crippen molar-refractivity contribution in [3.8, 4) is 17.0 Å². The molecule has 15 heteroatoms. The van der Waals surface area contributed by atoms with Crippen molar-refractivity contribution in [1.29, 1.82) is 0 Å². The van der Waals surface area contributed by atoms with E-state index in [1.807, 2.05) is 0 Å². The molecule has 4 aromatic rings. The van der Waals surface area contributed by atoms with Crippen molar-refractivity contribution in [1.82, 2.24) is 15.2 Å². The lowest BCUT2D eigenvalue weighted by molar-refractivity contribution is -0.141. The molecular weight excluding hydrogens is 564 g/mol. The number of ether oxygens (including phenoxy) is 1. The number of H-pyrrole nitrogens is 1. The molecule has 4 rings (SSSR count). The number of nitrogens with one attached hydrogen (secondary N) is 3. The Hall–Kier alpha value is -4.40. The summed E-state index contributed by atoms with van der Waals surface area (Å²) in [6.45, 7) is 1.62. The lowest BCUT2D eigenvalue weighted by atomic mass is 10.1. The highest BCUT2D eigenvalue weighted by Crippen LogP contribution is 2.36. The molecule has 8 nitrogen and oxygen atoms in total. The second kappa shape index (κ2) is 11.8. The smallest absolute Gasteiger partial charge is 0.433 e. The van der Waals surface area contributed by atoms with E-state index in [1.165, 1.54) is 48.5 Å². The summed E-state index contributed by atoms with van der Waals surface area (Å²) in [4.78, 5) is 15.4. The minimum absolute atomic E-state index is 0.0381. The summed E-state index contributed by atoms with van der Waals surface area (Å²) in [7, 11) is -2.77. The van der Waals surface area contributed by atoms with Crippen LogP contribution in [0.4, 0.5) is 43.7 Å². The van der Waals surface area contributed by atoms with E-state index in [2.05, 4.69) is 25.2 Å². The monoisotopic (exact) mass is 583 g/mol. The molecule has 2 atom stereocenters. The zero-order chi connectivity index (χ0) is 29.0. The van der Waals surface area contributed by atoms with Crippen LogP contribution in [0, 0.1) is 5.82 Å². The fourth-order valence-electron chi connectivity index (χ4n) is 3.57. The second-order valence-electron chi connectivity index (χ2n) is 8.19. The first-order valence-electron chi connectivity index (χ1n) is 11.3. The molecule has 0 amide bonds. The highest BCUT2D eigenvalue weighted by atomic mass is 32.2. The third-order valence-electron chi connectivity index (χ3n) is 5.49. The summed E-state index contributed by atoms with van der Waals surface area (Å²) in [5.74, 6) is -4.06. The van der Waals surface area contributed by atoms with E-state index in [-0.39, 0.29) is 39.9 Å². The molecule has 0 saturated carbocycles. The van der Waals surface area contributed by atoms with Gasteiger partial charge in [-0.05, 0) is 48.9 Å². The number of aromatic nitrogens is 3. The maximum Gasteiger partial charge on any atom is 0.433 e. The van der Waals surface area contributed by atoms with Crippen molar-refractivity contribution in [3.05, 3.63) is 83.3 Å². The van der Waals surface area contributed by atoms with Gasteiger partial charge in [0, 0.05) is 5.56 Å². The van der Waals surface area contributed by atoms with Crippen molar-refractivity contribution in [3.63, 3.8) is 0 Å². The van der Waals surface area contributed by atoms with E-state index in [4.69, 9.17) is 4.74 Å². The molecule has 2 aromatic heterocycles. The van der Waals surface area contributed by atoms with Crippen molar-refractivity contribution >= 4 is 34.6 Å². The van der Waals surface area contributed by atoms with Crippen molar-refractivity contribution in [2.75, 3.05) is 10.0 Å². The number of alkyl halides is 5. The summed E-state index contributed by atoms with van der Waals surface area (Å²) < 4.78 is 98.2. The quantitative estimate of drug-likeness (QED) is 0.143. The highest BCUT2D eigenvalue weighted by molar-refractivity contribution is 7.86. The Balaban J connectivity index is 1.69. The van der Waals surface area contributed by atoms with Crippen LogP contribution in [0.3, 0.4) is 0 Å². The van der Waals surface area contributed by atoms with Crippen LogP contribution in [0.1, 0.15) is 34.6 Å². The number of aldehydes is 1. The van der Waals surface area contributed by atoms with E-state index in [1.54, 1.807) is 6.92 Å². The summed E-state index contributed by atoms with van der Waals surface area (Å²) in [6.07, 6.45) is -4.99. The molecule has 40 heavy (non-hydrogen) atoms. The third-order valence-corrected chi connectivity index (χ3v) is 6.24. The molecule has 3 N–H and O–H groups in total. The molecule has 2 heterocycles. The molecule has 0 bridgehead atoms. The minimum atomic E-state index is -4.69. The molecule has 0 aliphatic heterocycles. The maximum atomic E-state index is 13.3. The number of pyridine rings is 1. The van der Waals surface area contributed by atoms with Crippen LogP contribution in [0.2, 0.25) is 0 Å². The molecule has 2 aromatic carbocycles. The minimum Gasteiger partial charge on any atom is -0.484 e. The first-order chi connectivity index (χ1) is 19.0. The molecule has 0 radical (unpaired) electrons. The Morgan fingerprint density at radius 2 is 1.80 bits per heavy atom. The van der Waals surface area contributed by atoms with Gasteiger partial charge in [0.1, 0.15) is 29.2 Å². The number of anilines is 3. The van der Waals surface area contributed by atoms with Crippen LogP contribution in [0.5, 0.6) is 5.75 Å². The fourth-order valence-corrected chi connectivity index (χ4v) is 4.04. The molecule has 2 unspecified atom stereocenters. The Morgan fingerprint density at radius 3 is 2.45 bits per heavy atom. The van der Waals surface area contributed by atoms with Crippen LogP contribution in [0.15, 0.2) is 60.7 Å².